The molecule has 0 saturated carbocycles. The van der Waals surface area contributed by atoms with Crippen LogP contribution in [-0.2, 0) is 23.9 Å². The van der Waals surface area contributed by atoms with Crippen LogP contribution >= 0.6 is 0 Å². The van der Waals surface area contributed by atoms with Gasteiger partial charge in [0.2, 0.25) is 0 Å². The summed E-state index contributed by atoms with van der Waals surface area (Å²) in [5, 5.41) is 5.52. The maximum atomic E-state index is 14.6. The van der Waals surface area contributed by atoms with E-state index in [2.05, 4.69) is 10.6 Å². The zero-order chi connectivity index (χ0) is 19.6. The molecule has 2 aromatic carbocycles. The molecule has 0 bridgehead atoms. The first kappa shape index (κ1) is 19.2. The summed E-state index contributed by atoms with van der Waals surface area (Å²) >= 11 is 0. The van der Waals surface area contributed by atoms with Gasteiger partial charge in [-0.3, -0.25) is 4.79 Å². The normalized spacial score (nSPS) is 15.0. The van der Waals surface area contributed by atoms with Gasteiger partial charge in [0.15, 0.2) is 6.10 Å². The predicted molar refractivity (Wildman–Crippen MR) is 92.0 cm³/mol. The standard InChI is InChI=1S/C19H18F4N2O2/c1-11(27-16-5-3-2-4-14(16)19(21,22)23)18(26)25-15-7-6-12-10-24-9-8-13(12)17(15)20/h2-7,11,24H,8-10H2,1H3,(H,25,26). The van der Waals surface area contributed by atoms with E-state index in [9.17, 15) is 22.4 Å². The number of rotatable bonds is 4. The summed E-state index contributed by atoms with van der Waals surface area (Å²) in [7, 11) is 0. The topological polar surface area (TPSA) is 50.4 Å². The third-order valence-electron chi connectivity index (χ3n) is 4.33. The van der Waals surface area contributed by atoms with E-state index >= 15 is 0 Å². The van der Waals surface area contributed by atoms with E-state index in [0.29, 0.717) is 25.1 Å². The highest BCUT2D eigenvalue weighted by Crippen LogP contribution is 2.36. The molecule has 4 nitrogen and oxygen atoms in total. The molecule has 0 saturated heterocycles. The number of para-hydroxylation sites is 1. The van der Waals surface area contributed by atoms with Gasteiger partial charge in [0, 0.05) is 6.54 Å². The van der Waals surface area contributed by atoms with E-state index in [1.165, 1.54) is 25.1 Å². The van der Waals surface area contributed by atoms with Gasteiger partial charge >= 0.3 is 6.18 Å². The number of benzene rings is 2. The Balaban J connectivity index is 1.74. The lowest BCUT2D eigenvalue weighted by Gasteiger charge is -2.21. The van der Waals surface area contributed by atoms with E-state index in [4.69, 9.17) is 4.74 Å². The van der Waals surface area contributed by atoms with Crippen LogP contribution in [0.3, 0.4) is 0 Å². The average molecular weight is 382 g/mol. The molecule has 0 aliphatic carbocycles. The highest BCUT2D eigenvalue weighted by atomic mass is 19.4. The van der Waals surface area contributed by atoms with Crippen molar-refractivity contribution in [1.29, 1.82) is 0 Å². The number of carbonyl (C=O) groups excluding carboxylic acids is 1. The Bertz CT molecular complexity index is 852. The van der Waals surface area contributed by atoms with Gasteiger partial charge in [0.1, 0.15) is 11.6 Å². The van der Waals surface area contributed by atoms with Crippen LogP contribution in [-0.4, -0.2) is 18.6 Å². The second-order valence-electron chi connectivity index (χ2n) is 6.23. The van der Waals surface area contributed by atoms with Crippen molar-refractivity contribution in [2.24, 2.45) is 0 Å². The number of nitrogens with one attached hydrogen (secondary N) is 2. The van der Waals surface area contributed by atoms with Crippen LogP contribution in [0.25, 0.3) is 0 Å². The summed E-state index contributed by atoms with van der Waals surface area (Å²) in [6, 6.07) is 7.78. The first-order valence-electron chi connectivity index (χ1n) is 8.42. The maximum Gasteiger partial charge on any atom is 0.419 e. The van der Waals surface area contributed by atoms with Crippen molar-refractivity contribution < 1.29 is 27.1 Å². The largest absolute Gasteiger partial charge is 0.480 e. The van der Waals surface area contributed by atoms with Crippen molar-refractivity contribution in [3.8, 4) is 5.75 Å². The van der Waals surface area contributed by atoms with Gasteiger partial charge < -0.3 is 15.4 Å². The molecule has 2 aromatic rings. The Kier molecular flexibility index (Phi) is 5.36. The van der Waals surface area contributed by atoms with E-state index in [0.717, 1.165) is 17.7 Å². The van der Waals surface area contributed by atoms with E-state index < -0.39 is 35.3 Å². The second kappa shape index (κ2) is 7.56. The summed E-state index contributed by atoms with van der Waals surface area (Å²) in [4.78, 5) is 12.3. The van der Waals surface area contributed by atoms with Crippen LogP contribution in [0.4, 0.5) is 23.2 Å². The van der Waals surface area contributed by atoms with Crippen molar-refractivity contribution in [1.82, 2.24) is 5.32 Å². The fourth-order valence-corrected chi connectivity index (χ4v) is 2.91. The third-order valence-corrected chi connectivity index (χ3v) is 4.33. The molecule has 8 heteroatoms. The molecule has 1 unspecified atom stereocenters. The van der Waals surface area contributed by atoms with Gasteiger partial charge in [0.05, 0.1) is 11.3 Å². The Labute approximate surface area is 153 Å². The zero-order valence-electron chi connectivity index (χ0n) is 14.5. The predicted octanol–water partition coefficient (Wildman–Crippen LogP) is 3.90. The van der Waals surface area contributed by atoms with Gasteiger partial charge in [-0.1, -0.05) is 18.2 Å². The monoisotopic (exact) mass is 382 g/mol. The lowest BCUT2D eigenvalue weighted by Crippen LogP contribution is -2.31. The lowest BCUT2D eigenvalue weighted by atomic mass is 9.99. The fourth-order valence-electron chi connectivity index (χ4n) is 2.91. The van der Waals surface area contributed by atoms with Gasteiger partial charge in [-0.05, 0) is 49.2 Å². The summed E-state index contributed by atoms with van der Waals surface area (Å²) in [6.45, 7) is 2.49. The first-order valence-corrected chi connectivity index (χ1v) is 8.42. The zero-order valence-corrected chi connectivity index (χ0v) is 14.5. The summed E-state index contributed by atoms with van der Waals surface area (Å²) < 4.78 is 58.9. The smallest absolute Gasteiger partial charge is 0.419 e. The molecule has 0 radical (unpaired) electrons. The number of hydrogen-bond donors (Lipinski definition) is 2. The van der Waals surface area contributed by atoms with Crippen LogP contribution in [0.2, 0.25) is 0 Å². The van der Waals surface area contributed by atoms with Crippen LogP contribution in [0, 0.1) is 5.82 Å². The minimum Gasteiger partial charge on any atom is -0.480 e. The fraction of sp³-hybridized carbons (Fsp3) is 0.316. The van der Waals surface area contributed by atoms with Crippen molar-refractivity contribution in [3.05, 3.63) is 58.9 Å². The van der Waals surface area contributed by atoms with E-state index in [-0.39, 0.29) is 5.69 Å². The van der Waals surface area contributed by atoms with Gasteiger partial charge in [0.25, 0.3) is 5.91 Å². The molecule has 0 fully saturated rings. The molecule has 1 atom stereocenters. The highest BCUT2D eigenvalue weighted by Gasteiger charge is 2.35. The van der Waals surface area contributed by atoms with Crippen LogP contribution in [0.1, 0.15) is 23.6 Å². The number of fused-ring (bicyclic) bond motifs is 1. The number of carbonyl (C=O) groups is 1. The SMILES string of the molecule is CC(Oc1ccccc1C(F)(F)F)C(=O)Nc1ccc2c(c1F)CCNC2. The van der Waals surface area contributed by atoms with Crippen LogP contribution in [0.15, 0.2) is 36.4 Å². The third kappa shape index (κ3) is 4.21. The molecule has 1 amide bonds. The number of anilines is 1. The number of halogens is 4. The molecular weight excluding hydrogens is 364 g/mol. The van der Waals surface area contributed by atoms with Crippen LogP contribution < -0.4 is 15.4 Å². The Morgan fingerprint density at radius 2 is 1.96 bits per heavy atom. The highest BCUT2D eigenvalue weighted by molar-refractivity contribution is 5.94. The molecule has 144 valence electrons. The Morgan fingerprint density at radius 3 is 2.70 bits per heavy atom. The molecule has 1 aliphatic rings. The molecule has 1 heterocycles. The summed E-state index contributed by atoms with van der Waals surface area (Å²) in [5.74, 6) is -1.71. The minimum atomic E-state index is -4.61. The number of alkyl halides is 3. The van der Waals surface area contributed by atoms with E-state index in [1.807, 2.05) is 0 Å². The molecule has 27 heavy (non-hydrogen) atoms. The Morgan fingerprint density at radius 1 is 1.22 bits per heavy atom. The van der Waals surface area contributed by atoms with Gasteiger partial charge in [-0.2, -0.15) is 13.2 Å². The van der Waals surface area contributed by atoms with Crippen molar-refractivity contribution in [3.63, 3.8) is 0 Å². The molecule has 2 N–H and O–H groups in total. The molecule has 3 rings (SSSR count). The summed E-state index contributed by atoms with van der Waals surface area (Å²) in [6.07, 6.45) is -5.35. The molecule has 0 spiro atoms. The van der Waals surface area contributed by atoms with Crippen molar-refractivity contribution in [2.45, 2.75) is 32.2 Å². The molecular formula is C19H18F4N2O2. The van der Waals surface area contributed by atoms with Gasteiger partial charge in [-0.15, -0.1) is 0 Å². The van der Waals surface area contributed by atoms with Gasteiger partial charge in [-0.25, -0.2) is 4.39 Å². The van der Waals surface area contributed by atoms with E-state index in [1.54, 1.807) is 6.07 Å². The number of hydrogen-bond acceptors (Lipinski definition) is 3. The number of ether oxygens (including phenoxy) is 1. The average Bonchev–Trinajstić information content (AvgIpc) is 2.63. The number of amides is 1. The molecule has 1 aliphatic heterocycles. The summed E-state index contributed by atoms with van der Waals surface area (Å²) in [5.41, 5.74) is 0.361. The molecule has 0 aromatic heterocycles. The Hall–Kier alpha value is -2.61. The van der Waals surface area contributed by atoms with Crippen molar-refractivity contribution in [2.75, 3.05) is 11.9 Å². The quantitative estimate of drug-likeness (QED) is 0.789. The maximum absolute atomic E-state index is 14.6. The second-order valence-corrected chi connectivity index (χ2v) is 6.23. The first-order chi connectivity index (χ1) is 12.8. The van der Waals surface area contributed by atoms with Crippen LogP contribution in [0.5, 0.6) is 5.75 Å². The van der Waals surface area contributed by atoms with Crippen molar-refractivity contribution >= 4 is 11.6 Å². The lowest BCUT2D eigenvalue weighted by molar-refractivity contribution is -0.140. The minimum absolute atomic E-state index is 0.0137.